The van der Waals surface area contributed by atoms with Gasteiger partial charge in [0.05, 0.1) is 17.7 Å². The van der Waals surface area contributed by atoms with E-state index in [0.717, 1.165) is 0 Å². The van der Waals surface area contributed by atoms with Gasteiger partial charge in [0, 0.05) is 12.1 Å². The van der Waals surface area contributed by atoms with Gasteiger partial charge in [-0.25, -0.2) is 0 Å². The molecule has 0 aliphatic carbocycles. The van der Waals surface area contributed by atoms with Crippen molar-refractivity contribution < 1.29 is 19.2 Å². The molecule has 0 saturated heterocycles. The Hall–Kier alpha value is -3.09. The van der Waals surface area contributed by atoms with E-state index in [1.165, 1.54) is 25.3 Å². The zero-order valence-electron chi connectivity index (χ0n) is 13.4. The van der Waals surface area contributed by atoms with Crippen LogP contribution in [0.15, 0.2) is 48.5 Å². The maximum Gasteiger partial charge on any atom is 0.271 e. The lowest BCUT2D eigenvalue weighted by molar-refractivity contribution is -0.384. The molecule has 0 aliphatic heterocycles. The first-order valence-corrected chi connectivity index (χ1v) is 7.40. The number of carbonyl (C=O) groups is 1. The molecule has 0 saturated carbocycles. The first-order valence-electron chi connectivity index (χ1n) is 7.40. The summed E-state index contributed by atoms with van der Waals surface area (Å²) in [6.45, 7) is 1.82. The summed E-state index contributed by atoms with van der Waals surface area (Å²) in [7, 11) is 1.43. The van der Waals surface area contributed by atoms with Crippen molar-refractivity contribution >= 4 is 17.3 Å². The van der Waals surface area contributed by atoms with Gasteiger partial charge in [-0.05, 0) is 24.6 Å². The highest BCUT2D eigenvalue weighted by Gasteiger charge is 2.21. The summed E-state index contributed by atoms with van der Waals surface area (Å²) >= 11 is 0. The molecule has 7 heteroatoms. The molecule has 0 aromatic heterocycles. The number of ether oxygens (including phenoxy) is 2. The number of anilines is 1. The van der Waals surface area contributed by atoms with Gasteiger partial charge in [0.2, 0.25) is 0 Å². The van der Waals surface area contributed by atoms with E-state index < -0.39 is 16.9 Å². The van der Waals surface area contributed by atoms with Gasteiger partial charge in [-0.15, -0.1) is 0 Å². The lowest BCUT2D eigenvalue weighted by atomic mass is 10.2. The summed E-state index contributed by atoms with van der Waals surface area (Å²) in [4.78, 5) is 22.8. The third-order valence-corrected chi connectivity index (χ3v) is 3.34. The lowest BCUT2D eigenvalue weighted by Crippen LogP contribution is -2.32. The number of hydrogen-bond acceptors (Lipinski definition) is 5. The van der Waals surface area contributed by atoms with E-state index in [9.17, 15) is 14.9 Å². The Kier molecular flexibility index (Phi) is 5.73. The third kappa shape index (κ3) is 4.22. The molecule has 0 fully saturated rings. The third-order valence-electron chi connectivity index (χ3n) is 3.34. The topological polar surface area (TPSA) is 90.7 Å². The van der Waals surface area contributed by atoms with Crippen LogP contribution in [0.4, 0.5) is 11.4 Å². The van der Waals surface area contributed by atoms with Gasteiger partial charge in [0.1, 0.15) is 11.5 Å². The molecule has 1 amide bonds. The summed E-state index contributed by atoms with van der Waals surface area (Å²) in [6.07, 6.45) is -0.283. The predicted molar refractivity (Wildman–Crippen MR) is 89.4 cm³/mol. The number of benzene rings is 2. The summed E-state index contributed by atoms with van der Waals surface area (Å²) in [5.41, 5.74) is 0.0925. The SMILES string of the molecule is CC[C@@H](Oc1ccccc1)C(=O)Nc1cc([N+](=O)[O-])ccc1OC. The van der Waals surface area contributed by atoms with Crippen LogP contribution in [0.1, 0.15) is 13.3 Å². The molecule has 2 aromatic rings. The van der Waals surface area contributed by atoms with E-state index in [1.54, 1.807) is 12.1 Å². The van der Waals surface area contributed by atoms with Gasteiger partial charge in [-0.1, -0.05) is 25.1 Å². The average Bonchev–Trinajstić information content (AvgIpc) is 2.60. The first-order chi connectivity index (χ1) is 11.5. The Balaban J connectivity index is 2.17. The fourth-order valence-corrected chi connectivity index (χ4v) is 2.11. The van der Waals surface area contributed by atoms with Crippen LogP contribution in [0.2, 0.25) is 0 Å². The highest BCUT2D eigenvalue weighted by molar-refractivity contribution is 5.96. The minimum absolute atomic E-state index is 0.136. The first kappa shape index (κ1) is 17.3. The molecule has 0 heterocycles. The van der Waals surface area contributed by atoms with Crippen molar-refractivity contribution in [1.29, 1.82) is 0 Å². The molecule has 0 aliphatic rings. The fraction of sp³-hybridized carbons (Fsp3) is 0.235. The number of para-hydroxylation sites is 1. The lowest BCUT2D eigenvalue weighted by Gasteiger charge is -2.18. The Morgan fingerprint density at radius 3 is 2.54 bits per heavy atom. The van der Waals surface area contributed by atoms with E-state index in [1.807, 2.05) is 25.1 Å². The van der Waals surface area contributed by atoms with E-state index >= 15 is 0 Å². The Labute approximate surface area is 139 Å². The van der Waals surface area contributed by atoms with Crippen molar-refractivity contribution in [1.82, 2.24) is 0 Å². The normalized spacial score (nSPS) is 11.4. The van der Waals surface area contributed by atoms with Crippen LogP contribution in [0.25, 0.3) is 0 Å². The molecular formula is C17H18N2O5. The molecular weight excluding hydrogens is 312 g/mol. The monoisotopic (exact) mass is 330 g/mol. The molecule has 1 N–H and O–H groups in total. The van der Waals surface area contributed by atoms with E-state index in [4.69, 9.17) is 9.47 Å². The number of non-ortho nitro benzene ring substituents is 1. The van der Waals surface area contributed by atoms with E-state index in [-0.39, 0.29) is 11.4 Å². The number of methoxy groups -OCH3 is 1. The van der Waals surface area contributed by atoms with Crippen molar-refractivity contribution in [2.75, 3.05) is 12.4 Å². The highest BCUT2D eigenvalue weighted by atomic mass is 16.6. The van der Waals surface area contributed by atoms with Crippen LogP contribution in [0.5, 0.6) is 11.5 Å². The van der Waals surface area contributed by atoms with Crippen LogP contribution in [0, 0.1) is 10.1 Å². The van der Waals surface area contributed by atoms with Gasteiger partial charge in [-0.2, -0.15) is 0 Å². The van der Waals surface area contributed by atoms with E-state index in [2.05, 4.69) is 5.32 Å². The molecule has 7 nitrogen and oxygen atoms in total. The van der Waals surface area contributed by atoms with Crippen LogP contribution in [-0.4, -0.2) is 24.0 Å². The Bertz CT molecular complexity index is 718. The Morgan fingerprint density at radius 2 is 1.96 bits per heavy atom. The summed E-state index contributed by atoms with van der Waals surface area (Å²) in [5.74, 6) is 0.508. The van der Waals surface area contributed by atoms with Crippen LogP contribution >= 0.6 is 0 Å². The smallest absolute Gasteiger partial charge is 0.271 e. The van der Waals surface area contributed by atoms with Gasteiger partial charge in [-0.3, -0.25) is 14.9 Å². The molecule has 0 bridgehead atoms. The van der Waals surface area contributed by atoms with Gasteiger partial charge in [0.15, 0.2) is 6.10 Å². The maximum atomic E-state index is 12.4. The quantitative estimate of drug-likeness (QED) is 0.620. The number of nitrogens with one attached hydrogen (secondary N) is 1. The second kappa shape index (κ2) is 7.96. The Morgan fingerprint density at radius 1 is 1.25 bits per heavy atom. The molecule has 1 atom stereocenters. The van der Waals surface area contributed by atoms with Gasteiger partial charge in [0.25, 0.3) is 11.6 Å². The number of nitro groups is 1. The van der Waals surface area contributed by atoms with Crippen LogP contribution in [0.3, 0.4) is 0 Å². The zero-order valence-corrected chi connectivity index (χ0v) is 13.4. The zero-order chi connectivity index (χ0) is 17.5. The number of nitro benzene ring substituents is 1. The summed E-state index contributed by atoms with van der Waals surface area (Å²) in [5, 5.41) is 13.5. The molecule has 2 rings (SSSR count). The van der Waals surface area contributed by atoms with E-state index in [0.29, 0.717) is 17.9 Å². The molecule has 24 heavy (non-hydrogen) atoms. The number of hydrogen-bond donors (Lipinski definition) is 1. The van der Waals surface area contributed by atoms with Crippen molar-refractivity contribution in [3.8, 4) is 11.5 Å². The molecule has 0 spiro atoms. The standard InChI is InChI=1S/C17H18N2O5/c1-3-15(24-13-7-5-4-6-8-13)17(20)18-14-11-12(19(21)22)9-10-16(14)23-2/h4-11,15H,3H2,1-2H3,(H,18,20)/t15-/m1/s1. The van der Waals surface area contributed by atoms with Crippen molar-refractivity contribution in [2.45, 2.75) is 19.4 Å². The number of carbonyl (C=O) groups excluding carboxylic acids is 1. The number of nitrogens with zero attached hydrogens (tertiary/aromatic N) is 1. The van der Waals surface area contributed by atoms with Gasteiger partial charge >= 0.3 is 0 Å². The molecule has 126 valence electrons. The van der Waals surface area contributed by atoms with Crippen molar-refractivity contribution in [2.24, 2.45) is 0 Å². The largest absolute Gasteiger partial charge is 0.495 e. The number of rotatable bonds is 7. The second-order valence-corrected chi connectivity index (χ2v) is 4.96. The minimum atomic E-state index is -0.726. The average molecular weight is 330 g/mol. The van der Waals surface area contributed by atoms with Crippen LogP contribution < -0.4 is 14.8 Å². The summed E-state index contributed by atoms with van der Waals surface area (Å²) in [6, 6.07) is 13.0. The second-order valence-electron chi connectivity index (χ2n) is 4.96. The summed E-state index contributed by atoms with van der Waals surface area (Å²) < 4.78 is 10.8. The molecule has 2 aromatic carbocycles. The van der Waals surface area contributed by atoms with Crippen LogP contribution in [-0.2, 0) is 4.79 Å². The minimum Gasteiger partial charge on any atom is -0.495 e. The molecule has 0 radical (unpaired) electrons. The number of amides is 1. The molecule has 0 unspecified atom stereocenters. The van der Waals surface area contributed by atoms with Crippen molar-refractivity contribution in [3.63, 3.8) is 0 Å². The predicted octanol–water partition coefficient (Wildman–Crippen LogP) is 3.40. The fourth-order valence-electron chi connectivity index (χ4n) is 2.11. The van der Waals surface area contributed by atoms with Gasteiger partial charge < -0.3 is 14.8 Å². The highest BCUT2D eigenvalue weighted by Crippen LogP contribution is 2.29. The van der Waals surface area contributed by atoms with Crippen molar-refractivity contribution in [3.05, 3.63) is 58.6 Å². The maximum absolute atomic E-state index is 12.4.